The van der Waals surface area contributed by atoms with E-state index in [1.165, 1.54) is 12.5 Å². The molecule has 88 valence electrons. The lowest BCUT2D eigenvalue weighted by molar-refractivity contribution is 0.445. The van der Waals surface area contributed by atoms with E-state index < -0.39 is 10.0 Å². The third-order valence-corrected chi connectivity index (χ3v) is 3.78. The lowest BCUT2D eigenvalue weighted by Gasteiger charge is -2.27. The van der Waals surface area contributed by atoms with E-state index >= 15 is 0 Å². The fraction of sp³-hybridized carbons (Fsp3) is 0.400. The molecule has 1 aliphatic rings. The molecule has 5 nitrogen and oxygen atoms in total. The minimum absolute atomic E-state index is 0.0216. The number of nitrogens with one attached hydrogen (secondary N) is 1. The Morgan fingerprint density at radius 3 is 2.44 bits per heavy atom. The van der Waals surface area contributed by atoms with Crippen LogP contribution >= 0.6 is 0 Å². The highest BCUT2D eigenvalue weighted by Gasteiger charge is 2.18. The van der Waals surface area contributed by atoms with Crippen LogP contribution in [0.25, 0.3) is 0 Å². The van der Waals surface area contributed by atoms with E-state index in [2.05, 4.69) is 5.32 Å². The zero-order valence-electron chi connectivity index (χ0n) is 8.81. The van der Waals surface area contributed by atoms with Crippen molar-refractivity contribution >= 4 is 21.4 Å². The molecule has 1 aromatic carbocycles. The summed E-state index contributed by atoms with van der Waals surface area (Å²) in [6.45, 7) is 0. The van der Waals surface area contributed by atoms with Crippen molar-refractivity contribution in [3.63, 3.8) is 0 Å². The highest BCUT2D eigenvalue weighted by atomic mass is 32.2. The van der Waals surface area contributed by atoms with E-state index in [1.807, 2.05) is 0 Å². The van der Waals surface area contributed by atoms with Crippen molar-refractivity contribution in [3.8, 4) is 0 Å². The third kappa shape index (κ3) is 2.28. The number of benzene rings is 1. The largest absolute Gasteiger partial charge is 0.398 e. The Morgan fingerprint density at radius 2 is 2.00 bits per heavy atom. The Hall–Kier alpha value is -1.27. The lowest BCUT2D eigenvalue weighted by Crippen LogP contribution is -2.27. The maximum Gasteiger partial charge on any atom is 0.240 e. The van der Waals surface area contributed by atoms with Gasteiger partial charge in [0.15, 0.2) is 0 Å². The zero-order valence-corrected chi connectivity index (χ0v) is 9.63. The van der Waals surface area contributed by atoms with Crippen molar-refractivity contribution in [3.05, 3.63) is 18.2 Å². The van der Waals surface area contributed by atoms with Gasteiger partial charge in [-0.05, 0) is 37.5 Å². The number of rotatable bonds is 3. The molecule has 1 saturated carbocycles. The van der Waals surface area contributed by atoms with Crippen LogP contribution in [0.5, 0.6) is 0 Å². The number of anilines is 2. The first-order valence-electron chi connectivity index (χ1n) is 5.16. The molecule has 1 aromatic rings. The van der Waals surface area contributed by atoms with Gasteiger partial charge in [0.2, 0.25) is 10.0 Å². The minimum Gasteiger partial charge on any atom is -0.398 e. The maximum atomic E-state index is 11.1. The number of sulfonamides is 1. The van der Waals surface area contributed by atoms with Crippen molar-refractivity contribution in [2.75, 3.05) is 11.1 Å². The van der Waals surface area contributed by atoms with Crippen molar-refractivity contribution in [1.82, 2.24) is 0 Å². The fourth-order valence-electron chi connectivity index (χ4n) is 1.69. The molecule has 0 unspecified atom stereocenters. The van der Waals surface area contributed by atoms with Crippen molar-refractivity contribution < 1.29 is 8.42 Å². The molecule has 0 saturated heterocycles. The highest BCUT2D eigenvalue weighted by molar-refractivity contribution is 7.89. The summed E-state index contributed by atoms with van der Waals surface area (Å²) >= 11 is 0. The Labute approximate surface area is 94.9 Å². The standard InChI is InChI=1S/C10H15N3O2S/c11-9-6-8(13-7-2-1-3-7)4-5-10(9)16(12,14)15/h4-7,13H,1-3,11H2,(H2,12,14,15). The van der Waals surface area contributed by atoms with Gasteiger partial charge in [-0.2, -0.15) is 0 Å². The van der Waals surface area contributed by atoms with Crippen LogP contribution in [0.2, 0.25) is 0 Å². The van der Waals surface area contributed by atoms with Crippen LogP contribution in [0.3, 0.4) is 0 Å². The smallest absolute Gasteiger partial charge is 0.240 e. The predicted octanol–water partition coefficient (Wildman–Crippen LogP) is 0.881. The Balaban J connectivity index is 2.22. The van der Waals surface area contributed by atoms with Crippen molar-refractivity contribution in [2.24, 2.45) is 5.14 Å². The van der Waals surface area contributed by atoms with E-state index in [4.69, 9.17) is 10.9 Å². The quantitative estimate of drug-likeness (QED) is 0.684. The Morgan fingerprint density at radius 1 is 1.31 bits per heavy atom. The molecule has 5 N–H and O–H groups in total. The summed E-state index contributed by atoms with van der Waals surface area (Å²) in [6.07, 6.45) is 3.54. The molecular formula is C10H15N3O2S. The molecule has 1 fully saturated rings. The second kappa shape index (κ2) is 3.95. The van der Waals surface area contributed by atoms with Crippen LogP contribution in [-0.2, 0) is 10.0 Å². The third-order valence-electron chi connectivity index (χ3n) is 2.79. The molecule has 1 aliphatic carbocycles. The zero-order chi connectivity index (χ0) is 11.8. The maximum absolute atomic E-state index is 11.1. The second-order valence-corrected chi connectivity index (χ2v) is 5.60. The molecule has 2 rings (SSSR count). The number of nitrogen functional groups attached to an aromatic ring is 1. The van der Waals surface area contributed by atoms with Crippen LogP contribution in [-0.4, -0.2) is 14.5 Å². The topological polar surface area (TPSA) is 98.2 Å². The van der Waals surface area contributed by atoms with Gasteiger partial charge in [-0.3, -0.25) is 0 Å². The summed E-state index contributed by atoms with van der Waals surface area (Å²) in [7, 11) is -3.72. The van der Waals surface area contributed by atoms with Gasteiger partial charge >= 0.3 is 0 Å². The van der Waals surface area contributed by atoms with E-state index in [0.29, 0.717) is 6.04 Å². The molecule has 0 atom stereocenters. The van der Waals surface area contributed by atoms with Crippen LogP contribution in [0.1, 0.15) is 19.3 Å². The lowest BCUT2D eigenvalue weighted by atomic mass is 9.93. The van der Waals surface area contributed by atoms with Gasteiger partial charge in [-0.15, -0.1) is 0 Å². The van der Waals surface area contributed by atoms with Crippen LogP contribution in [0, 0.1) is 0 Å². The van der Waals surface area contributed by atoms with Gasteiger partial charge in [0, 0.05) is 11.7 Å². The van der Waals surface area contributed by atoms with Gasteiger partial charge in [0.05, 0.1) is 5.69 Å². The Kier molecular flexibility index (Phi) is 2.77. The van der Waals surface area contributed by atoms with Gasteiger partial charge in [0.1, 0.15) is 4.90 Å². The molecule has 0 heterocycles. The van der Waals surface area contributed by atoms with Crippen molar-refractivity contribution in [1.29, 1.82) is 0 Å². The summed E-state index contributed by atoms with van der Waals surface area (Å²) < 4.78 is 22.3. The molecule has 0 amide bonds. The average Bonchev–Trinajstić information content (AvgIpc) is 2.09. The first-order valence-corrected chi connectivity index (χ1v) is 6.70. The summed E-state index contributed by atoms with van der Waals surface area (Å²) in [5.41, 5.74) is 6.67. The second-order valence-electron chi connectivity index (χ2n) is 4.07. The molecule has 0 radical (unpaired) electrons. The van der Waals surface area contributed by atoms with Crippen LogP contribution < -0.4 is 16.2 Å². The average molecular weight is 241 g/mol. The van der Waals surface area contributed by atoms with Gasteiger partial charge in [-0.25, -0.2) is 13.6 Å². The van der Waals surface area contributed by atoms with Gasteiger partial charge < -0.3 is 11.1 Å². The summed E-state index contributed by atoms with van der Waals surface area (Å²) in [5, 5.41) is 8.30. The summed E-state index contributed by atoms with van der Waals surface area (Å²) in [4.78, 5) is -0.0216. The molecule has 0 spiro atoms. The van der Waals surface area contributed by atoms with Gasteiger partial charge in [0.25, 0.3) is 0 Å². The first-order chi connectivity index (χ1) is 7.47. The minimum atomic E-state index is -3.72. The SMILES string of the molecule is Nc1cc(NC2CCC2)ccc1S(N)(=O)=O. The number of nitrogens with two attached hydrogens (primary N) is 2. The number of hydrogen-bond acceptors (Lipinski definition) is 4. The predicted molar refractivity (Wildman–Crippen MR) is 63.5 cm³/mol. The Bertz CT molecular complexity index is 495. The fourth-order valence-corrected chi connectivity index (χ4v) is 2.33. The van der Waals surface area contributed by atoms with E-state index in [0.717, 1.165) is 18.5 Å². The van der Waals surface area contributed by atoms with E-state index in [9.17, 15) is 8.42 Å². The molecule has 0 bridgehead atoms. The molecule has 0 aliphatic heterocycles. The monoisotopic (exact) mass is 241 g/mol. The van der Waals surface area contributed by atoms with Crippen molar-refractivity contribution in [2.45, 2.75) is 30.2 Å². The first kappa shape index (κ1) is 11.2. The molecular weight excluding hydrogens is 226 g/mol. The van der Waals surface area contributed by atoms with E-state index in [-0.39, 0.29) is 10.6 Å². The summed E-state index contributed by atoms with van der Waals surface area (Å²) in [5.74, 6) is 0. The number of primary sulfonamides is 1. The summed E-state index contributed by atoms with van der Waals surface area (Å²) in [6, 6.07) is 5.22. The number of hydrogen-bond donors (Lipinski definition) is 3. The van der Waals surface area contributed by atoms with E-state index in [1.54, 1.807) is 12.1 Å². The molecule has 0 aromatic heterocycles. The van der Waals surface area contributed by atoms with Crippen LogP contribution in [0.4, 0.5) is 11.4 Å². The highest BCUT2D eigenvalue weighted by Crippen LogP contribution is 2.26. The molecule has 6 heteroatoms. The normalized spacial score (nSPS) is 16.8. The van der Waals surface area contributed by atoms with Gasteiger partial charge in [-0.1, -0.05) is 0 Å². The molecule has 16 heavy (non-hydrogen) atoms. The van der Waals surface area contributed by atoms with Crippen LogP contribution in [0.15, 0.2) is 23.1 Å².